The fourth-order valence-corrected chi connectivity index (χ4v) is 3.05. The zero-order valence-electron chi connectivity index (χ0n) is 15.6. The molecule has 0 bridgehead atoms. The molecule has 0 unspecified atom stereocenters. The van der Waals surface area contributed by atoms with Gasteiger partial charge in [-0.1, -0.05) is 24.3 Å². The van der Waals surface area contributed by atoms with Gasteiger partial charge in [-0.2, -0.15) is 20.5 Å². The summed E-state index contributed by atoms with van der Waals surface area (Å²) in [7, 11) is 0. The Morgan fingerprint density at radius 2 is 1.89 bits per heavy atom. The molecule has 0 spiro atoms. The minimum absolute atomic E-state index is 0.174. The molecule has 2 aromatic carbocycles. The minimum Gasteiger partial charge on any atom is -0.458 e. The van der Waals surface area contributed by atoms with Gasteiger partial charge in [-0.15, -0.1) is 0 Å². The summed E-state index contributed by atoms with van der Waals surface area (Å²) < 4.78 is 7.20. The van der Waals surface area contributed by atoms with E-state index in [9.17, 15) is 4.79 Å². The number of nitrogens with zero attached hydrogens (tertiary/aromatic N) is 4. The Morgan fingerprint density at radius 1 is 1.11 bits per heavy atom. The smallest absolute Gasteiger partial charge is 0.331 e. The van der Waals surface area contributed by atoms with Gasteiger partial charge in [0.2, 0.25) is 0 Å². The number of aromatic nitrogens is 5. The first-order valence-corrected chi connectivity index (χ1v) is 8.88. The summed E-state index contributed by atoms with van der Waals surface area (Å²) in [5.41, 5.74) is 6.07. The van der Waals surface area contributed by atoms with Gasteiger partial charge in [0, 0.05) is 17.3 Å². The SMILES string of the molecule is Cc1nn(-c2ccccc2)c(C)c1/C=C/C(=O)OCc1ccc2n[nH]nc2c1. The molecule has 0 amide bonds. The maximum atomic E-state index is 12.1. The molecule has 0 atom stereocenters. The number of hydrogen-bond donors (Lipinski definition) is 1. The lowest BCUT2D eigenvalue weighted by molar-refractivity contribution is -0.138. The quantitative estimate of drug-likeness (QED) is 0.427. The number of carbonyl (C=O) groups excluding carboxylic acids is 1. The van der Waals surface area contributed by atoms with Crippen LogP contribution in [-0.2, 0) is 16.1 Å². The van der Waals surface area contributed by atoms with Crippen molar-refractivity contribution in [2.75, 3.05) is 0 Å². The highest BCUT2D eigenvalue weighted by molar-refractivity contribution is 5.87. The number of esters is 1. The van der Waals surface area contributed by atoms with E-state index >= 15 is 0 Å². The number of nitrogens with one attached hydrogen (secondary N) is 1. The summed E-state index contributed by atoms with van der Waals surface area (Å²) in [6, 6.07) is 15.4. The first kappa shape index (κ1) is 17.7. The first-order valence-electron chi connectivity index (χ1n) is 8.88. The second-order valence-electron chi connectivity index (χ2n) is 6.42. The summed E-state index contributed by atoms with van der Waals surface area (Å²) >= 11 is 0. The molecule has 7 nitrogen and oxygen atoms in total. The zero-order chi connectivity index (χ0) is 19.5. The van der Waals surface area contributed by atoms with Gasteiger partial charge in [0.15, 0.2) is 0 Å². The van der Waals surface area contributed by atoms with E-state index in [0.29, 0.717) is 0 Å². The molecule has 0 fully saturated rings. The number of hydrogen-bond acceptors (Lipinski definition) is 5. The predicted octanol–water partition coefficient (Wildman–Crippen LogP) is 3.52. The number of aromatic amines is 1. The number of carbonyl (C=O) groups is 1. The summed E-state index contributed by atoms with van der Waals surface area (Å²) in [5.74, 6) is -0.411. The molecular formula is C21H19N5O2. The molecule has 0 aliphatic heterocycles. The van der Waals surface area contributed by atoms with E-state index in [-0.39, 0.29) is 6.61 Å². The fourth-order valence-electron chi connectivity index (χ4n) is 3.05. The van der Waals surface area contributed by atoms with Crippen LogP contribution in [0.2, 0.25) is 0 Å². The highest BCUT2D eigenvalue weighted by Gasteiger charge is 2.11. The summed E-state index contributed by atoms with van der Waals surface area (Å²) in [6.45, 7) is 4.07. The first-order chi connectivity index (χ1) is 13.6. The number of aryl methyl sites for hydroxylation is 1. The molecule has 1 N–H and O–H groups in total. The Hall–Kier alpha value is -3.74. The van der Waals surface area contributed by atoms with Crippen LogP contribution < -0.4 is 0 Å². The molecule has 140 valence electrons. The Morgan fingerprint density at radius 3 is 2.71 bits per heavy atom. The highest BCUT2D eigenvalue weighted by Crippen LogP contribution is 2.19. The number of H-pyrrole nitrogens is 1. The van der Waals surface area contributed by atoms with E-state index in [0.717, 1.165) is 39.2 Å². The number of benzene rings is 2. The topological polar surface area (TPSA) is 85.7 Å². The molecule has 0 radical (unpaired) electrons. The number of fused-ring (bicyclic) bond motifs is 1. The Labute approximate surface area is 161 Å². The predicted molar refractivity (Wildman–Crippen MR) is 106 cm³/mol. The van der Waals surface area contributed by atoms with Crippen molar-refractivity contribution >= 4 is 23.1 Å². The van der Waals surface area contributed by atoms with E-state index in [1.165, 1.54) is 6.08 Å². The fraction of sp³-hybridized carbons (Fsp3) is 0.143. The largest absolute Gasteiger partial charge is 0.458 e. The molecule has 0 aliphatic rings. The third-order valence-corrected chi connectivity index (χ3v) is 4.50. The second kappa shape index (κ2) is 7.48. The van der Waals surface area contributed by atoms with Crippen molar-refractivity contribution < 1.29 is 9.53 Å². The van der Waals surface area contributed by atoms with Crippen LogP contribution in [0.3, 0.4) is 0 Å². The van der Waals surface area contributed by atoms with E-state index < -0.39 is 5.97 Å². The van der Waals surface area contributed by atoms with Crippen LogP contribution in [-0.4, -0.2) is 31.2 Å². The molecule has 0 saturated carbocycles. The lowest BCUT2D eigenvalue weighted by Crippen LogP contribution is -2.01. The molecule has 0 aliphatic carbocycles. The molecule has 2 heterocycles. The van der Waals surface area contributed by atoms with E-state index in [1.807, 2.05) is 67.1 Å². The van der Waals surface area contributed by atoms with Crippen molar-refractivity contribution in [2.24, 2.45) is 0 Å². The molecule has 2 aromatic heterocycles. The van der Waals surface area contributed by atoms with Crippen LogP contribution in [0.25, 0.3) is 22.8 Å². The van der Waals surface area contributed by atoms with Crippen molar-refractivity contribution in [3.05, 3.63) is 77.1 Å². The molecule has 7 heteroatoms. The minimum atomic E-state index is -0.411. The van der Waals surface area contributed by atoms with Crippen molar-refractivity contribution in [2.45, 2.75) is 20.5 Å². The van der Waals surface area contributed by atoms with E-state index in [4.69, 9.17) is 4.74 Å². The van der Waals surface area contributed by atoms with Gasteiger partial charge in [-0.25, -0.2) is 9.48 Å². The average molecular weight is 373 g/mol. The third kappa shape index (κ3) is 3.55. The van der Waals surface area contributed by atoms with Crippen LogP contribution in [0.15, 0.2) is 54.6 Å². The Bertz CT molecular complexity index is 1160. The number of para-hydroxylation sites is 1. The molecule has 0 saturated heterocycles. The standard InChI is InChI=1S/C21H19N5O2/c1-14-18(15(2)26(24-14)17-6-4-3-5-7-17)9-11-21(27)28-13-16-8-10-19-20(12-16)23-25-22-19/h3-12H,13H2,1-2H3,(H,22,23,25)/b11-9+. The van der Waals surface area contributed by atoms with Gasteiger partial charge < -0.3 is 4.74 Å². The van der Waals surface area contributed by atoms with Crippen LogP contribution >= 0.6 is 0 Å². The lowest BCUT2D eigenvalue weighted by Gasteiger charge is -2.04. The van der Waals surface area contributed by atoms with Crippen LogP contribution in [0.4, 0.5) is 0 Å². The number of ether oxygens (including phenoxy) is 1. The molecule has 4 aromatic rings. The lowest BCUT2D eigenvalue weighted by atomic mass is 10.2. The van der Waals surface area contributed by atoms with Gasteiger partial charge >= 0.3 is 5.97 Å². The van der Waals surface area contributed by atoms with Crippen LogP contribution in [0.1, 0.15) is 22.5 Å². The maximum absolute atomic E-state index is 12.1. The van der Waals surface area contributed by atoms with Crippen molar-refractivity contribution in [3.8, 4) is 5.69 Å². The Kier molecular flexibility index (Phi) is 4.72. The van der Waals surface area contributed by atoms with Crippen molar-refractivity contribution in [3.63, 3.8) is 0 Å². The number of rotatable bonds is 5. The van der Waals surface area contributed by atoms with Gasteiger partial charge in [0.25, 0.3) is 0 Å². The van der Waals surface area contributed by atoms with Crippen LogP contribution in [0, 0.1) is 13.8 Å². The molecule has 28 heavy (non-hydrogen) atoms. The summed E-state index contributed by atoms with van der Waals surface area (Å²) in [4.78, 5) is 12.1. The van der Waals surface area contributed by atoms with E-state index in [1.54, 1.807) is 6.08 Å². The second-order valence-corrected chi connectivity index (χ2v) is 6.42. The third-order valence-electron chi connectivity index (χ3n) is 4.50. The van der Waals surface area contributed by atoms with Gasteiger partial charge in [0.05, 0.1) is 11.4 Å². The van der Waals surface area contributed by atoms with Gasteiger partial charge in [-0.3, -0.25) is 0 Å². The zero-order valence-corrected chi connectivity index (χ0v) is 15.6. The monoisotopic (exact) mass is 373 g/mol. The van der Waals surface area contributed by atoms with Crippen molar-refractivity contribution in [1.29, 1.82) is 0 Å². The Balaban J connectivity index is 1.45. The highest BCUT2D eigenvalue weighted by atomic mass is 16.5. The van der Waals surface area contributed by atoms with Gasteiger partial charge in [0.1, 0.15) is 17.6 Å². The van der Waals surface area contributed by atoms with Crippen molar-refractivity contribution in [1.82, 2.24) is 25.2 Å². The molecular weight excluding hydrogens is 354 g/mol. The van der Waals surface area contributed by atoms with Crippen LogP contribution in [0.5, 0.6) is 0 Å². The normalized spacial score (nSPS) is 11.4. The average Bonchev–Trinajstić information content (AvgIpc) is 3.29. The molecule has 4 rings (SSSR count). The summed E-state index contributed by atoms with van der Waals surface area (Å²) in [5, 5.41) is 15.2. The maximum Gasteiger partial charge on any atom is 0.331 e. The summed E-state index contributed by atoms with van der Waals surface area (Å²) in [6.07, 6.45) is 3.18. The van der Waals surface area contributed by atoms with E-state index in [2.05, 4.69) is 20.5 Å². The van der Waals surface area contributed by atoms with Gasteiger partial charge in [-0.05, 0) is 49.8 Å².